The molecular formula is C25H29F3O. The average Bonchev–Trinajstić information content (AvgIpc) is 2.73. The van der Waals surface area contributed by atoms with Crippen LogP contribution in [0.4, 0.5) is 13.2 Å². The maximum Gasteiger partial charge on any atom is 0.200 e. The Kier molecular flexibility index (Phi) is 7.40. The van der Waals surface area contributed by atoms with Crippen molar-refractivity contribution in [2.45, 2.75) is 58.3 Å². The fraction of sp³-hybridized carbons (Fsp3) is 0.440. The van der Waals surface area contributed by atoms with Gasteiger partial charge in [0.15, 0.2) is 11.6 Å². The van der Waals surface area contributed by atoms with Gasteiger partial charge < -0.3 is 4.74 Å². The summed E-state index contributed by atoms with van der Waals surface area (Å²) >= 11 is 0. The second kappa shape index (κ2) is 10.00. The highest BCUT2D eigenvalue weighted by molar-refractivity contribution is 5.50. The molecule has 4 heteroatoms. The number of ether oxygens (including phenoxy) is 1. The molecule has 1 aliphatic rings. The summed E-state index contributed by atoms with van der Waals surface area (Å²) < 4.78 is 47.8. The zero-order valence-electron chi connectivity index (χ0n) is 17.2. The average molecular weight is 403 g/mol. The summed E-state index contributed by atoms with van der Waals surface area (Å²) in [4.78, 5) is 0. The van der Waals surface area contributed by atoms with E-state index in [1.165, 1.54) is 6.07 Å². The molecular weight excluding hydrogens is 373 g/mol. The molecule has 0 radical (unpaired) electrons. The first kappa shape index (κ1) is 21.5. The molecule has 0 heterocycles. The van der Waals surface area contributed by atoms with Crippen molar-refractivity contribution in [3.63, 3.8) is 0 Å². The second-order valence-electron chi connectivity index (χ2n) is 7.83. The highest BCUT2D eigenvalue weighted by Crippen LogP contribution is 2.40. The van der Waals surface area contributed by atoms with Gasteiger partial charge in [0, 0.05) is 5.56 Å². The molecule has 0 aromatic heterocycles. The standard InChI is InChI=1S/C25H29F3O/c1-3-5-20-13-10-18(16-22(20)26)7-6-17-8-11-19(12-9-17)21-14-15-23(29-4-2)25(28)24(21)27/h3,5,10,13-17,19H,4,6-9,11-12H2,1-2H3/b5-3+. The first-order chi connectivity index (χ1) is 14.0. The summed E-state index contributed by atoms with van der Waals surface area (Å²) in [5.41, 5.74) is 2.09. The van der Waals surface area contributed by atoms with E-state index in [0.717, 1.165) is 44.1 Å². The Morgan fingerprint density at radius 3 is 2.41 bits per heavy atom. The third-order valence-corrected chi connectivity index (χ3v) is 5.92. The van der Waals surface area contributed by atoms with E-state index in [-0.39, 0.29) is 17.5 Å². The molecule has 1 nitrogen and oxygen atoms in total. The SMILES string of the molecule is C/C=C/c1ccc(CCC2CCC(c3ccc(OCC)c(F)c3F)CC2)cc1F. The predicted octanol–water partition coefficient (Wildman–Crippen LogP) is 7.44. The summed E-state index contributed by atoms with van der Waals surface area (Å²) in [6, 6.07) is 8.64. The molecule has 0 saturated heterocycles. The maximum atomic E-state index is 14.5. The van der Waals surface area contributed by atoms with Crippen LogP contribution < -0.4 is 4.74 Å². The minimum absolute atomic E-state index is 0.0184. The Labute approximate surface area is 171 Å². The third-order valence-electron chi connectivity index (χ3n) is 5.92. The van der Waals surface area contributed by atoms with Crippen LogP contribution >= 0.6 is 0 Å². The van der Waals surface area contributed by atoms with Crippen LogP contribution in [-0.4, -0.2) is 6.61 Å². The van der Waals surface area contributed by atoms with Gasteiger partial charge in [0.1, 0.15) is 5.82 Å². The van der Waals surface area contributed by atoms with Crippen molar-refractivity contribution in [2.24, 2.45) is 5.92 Å². The van der Waals surface area contributed by atoms with Gasteiger partial charge in [-0.15, -0.1) is 0 Å². The summed E-state index contributed by atoms with van der Waals surface area (Å²) in [7, 11) is 0. The van der Waals surface area contributed by atoms with E-state index in [1.807, 2.05) is 25.1 Å². The highest BCUT2D eigenvalue weighted by Gasteiger charge is 2.26. The van der Waals surface area contributed by atoms with Crippen molar-refractivity contribution in [1.29, 1.82) is 0 Å². The van der Waals surface area contributed by atoms with Crippen LogP contribution in [-0.2, 0) is 6.42 Å². The minimum Gasteiger partial charge on any atom is -0.491 e. The lowest BCUT2D eigenvalue weighted by Gasteiger charge is -2.29. The zero-order valence-corrected chi connectivity index (χ0v) is 17.2. The largest absolute Gasteiger partial charge is 0.491 e. The molecule has 0 atom stereocenters. The fourth-order valence-electron chi connectivity index (χ4n) is 4.30. The Morgan fingerprint density at radius 2 is 1.76 bits per heavy atom. The van der Waals surface area contributed by atoms with Gasteiger partial charge in [-0.1, -0.05) is 30.4 Å². The third kappa shape index (κ3) is 5.23. The van der Waals surface area contributed by atoms with E-state index in [2.05, 4.69) is 0 Å². The number of hydrogen-bond acceptors (Lipinski definition) is 1. The van der Waals surface area contributed by atoms with Crippen molar-refractivity contribution in [1.82, 2.24) is 0 Å². The van der Waals surface area contributed by atoms with Crippen LogP contribution in [0, 0.1) is 23.4 Å². The van der Waals surface area contributed by atoms with Gasteiger partial charge in [0.25, 0.3) is 0 Å². The Bertz CT molecular complexity index is 851. The lowest BCUT2D eigenvalue weighted by molar-refractivity contribution is 0.297. The van der Waals surface area contributed by atoms with Crippen LogP contribution in [0.3, 0.4) is 0 Å². The maximum absolute atomic E-state index is 14.5. The molecule has 3 rings (SSSR count). The Morgan fingerprint density at radius 1 is 1.00 bits per heavy atom. The molecule has 0 unspecified atom stereocenters. The van der Waals surface area contributed by atoms with Crippen LogP contribution in [0.5, 0.6) is 5.75 Å². The van der Waals surface area contributed by atoms with Crippen LogP contribution in [0.2, 0.25) is 0 Å². The lowest BCUT2D eigenvalue weighted by atomic mass is 9.76. The van der Waals surface area contributed by atoms with E-state index in [4.69, 9.17) is 4.74 Å². The molecule has 0 N–H and O–H groups in total. The molecule has 2 aromatic rings. The number of halogens is 3. The van der Waals surface area contributed by atoms with Crippen molar-refractivity contribution in [2.75, 3.05) is 6.61 Å². The van der Waals surface area contributed by atoms with E-state index in [9.17, 15) is 13.2 Å². The number of rotatable bonds is 7. The van der Waals surface area contributed by atoms with Gasteiger partial charge in [-0.05, 0) is 87.5 Å². The first-order valence-electron chi connectivity index (χ1n) is 10.5. The van der Waals surface area contributed by atoms with E-state index >= 15 is 0 Å². The lowest BCUT2D eigenvalue weighted by Crippen LogP contribution is -2.15. The molecule has 29 heavy (non-hydrogen) atoms. The topological polar surface area (TPSA) is 9.23 Å². The van der Waals surface area contributed by atoms with Gasteiger partial charge in [0.05, 0.1) is 6.61 Å². The van der Waals surface area contributed by atoms with Crippen LogP contribution in [0.15, 0.2) is 36.4 Å². The van der Waals surface area contributed by atoms with Gasteiger partial charge in [-0.2, -0.15) is 4.39 Å². The highest BCUT2D eigenvalue weighted by atomic mass is 19.2. The normalized spacial score (nSPS) is 19.6. The number of hydrogen-bond donors (Lipinski definition) is 0. The smallest absolute Gasteiger partial charge is 0.200 e. The summed E-state index contributed by atoms with van der Waals surface area (Å²) in [6.45, 7) is 3.93. The molecule has 1 saturated carbocycles. The minimum atomic E-state index is -0.880. The molecule has 2 aromatic carbocycles. The predicted molar refractivity (Wildman–Crippen MR) is 112 cm³/mol. The quantitative estimate of drug-likeness (QED) is 0.467. The van der Waals surface area contributed by atoms with Crippen molar-refractivity contribution in [3.8, 4) is 5.75 Å². The van der Waals surface area contributed by atoms with Crippen molar-refractivity contribution < 1.29 is 17.9 Å². The van der Waals surface area contributed by atoms with Crippen molar-refractivity contribution in [3.05, 3.63) is 70.5 Å². The van der Waals surface area contributed by atoms with Crippen LogP contribution in [0.25, 0.3) is 6.08 Å². The fourth-order valence-corrected chi connectivity index (χ4v) is 4.30. The zero-order chi connectivity index (χ0) is 20.8. The summed E-state index contributed by atoms with van der Waals surface area (Å²) in [5.74, 6) is -1.26. The van der Waals surface area contributed by atoms with Gasteiger partial charge in [-0.25, -0.2) is 8.78 Å². The van der Waals surface area contributed by atoms with E-state index in [0.29, 0.717) is 23.7 Å². The van der Waals surface area contributed by atoms with Crippen molar-refractivity contribution >= 4 is 6.08 Å². The Balaban J connectivity index is 1.54. The summed E-state index contributed by atoms with van der Waals surface area (Å²) in [6.07, 6.45) is 9.10. The Hall–Kier alpha value is -2.23. The van der Waals surface area contributed by atoms with Gasteiger partial charge >= 0.3 is 0 Å². The van der Waals surface area contributed by atoms with Gasteiger partial charge in [0.2, 0.25) is 5.82 Å². The molecule has 1 fully saturated rings. The van der Waals surface area contributed by atoms with Crippen LogP contribution in [0.1, 0.15) is 68.6 Å². The van der Waals surface area contributed by atoms with E-state index in [1.54, 1.807) is 25.1 Å². The second-order valence-corrected chi connectivity index (χ2v) is 7.83. The first-order valence-corrected chi connectivity index (χ1v) is 10.5. The monoisotopic (exact) mass is 402 g/mol. The summed E-state index contributed by atoms with van der Waals surface area (Å²) in [5, 5.41) is 0. The number of aryl methyl sites for hydroxylation is 1. The molecule has 0 aliphatic heterocycles. The molecule has 156 valence electrons. The number of allylic oxidation sites excluding steroid dienone is 1. The van der Waals surface area contributed by atoms with E-state index < -0.39 is 11.6 Å². The van der Waals surface area contributed by atoms with Gasteiger partial charge in [-0.3, -0.25) is 0 Å². The molecule has 0 spiro atoms. The number of benzene rings is 2. The molecule has 1 aliphatic carbocycles. The molecule has 0 bridgehead atoms. The molecule has 0 amide bonds.